The van der Waals surface area contributed by atoms with E-state index >= 15 is 0 Å². The van der Waals surface area contributed by atoms with Crippen LogP contribution in [0.4, 0.5) is 4.39 Å². The molecule has 0 radical (unpaired) electrons. The molecule has 1 heterocycles. The van der Waals surface area contributed by atoms with Crippen LogP contribution in [0.3, 0.4) is 0 Å². The van der Waals surface area contributed by atoms with Crippen LogP contribution in [0.5, 0.6) is 0 Å². The molecule has 3 rings (SSSR count). The van der Waals surface area contributed by atoms with Crippen LogP contribution in [0.1, 0.15) is 38.5 Å². The van der Waals surface area contributed by atoms with E-state index in [9.17, 15) is 29.0 Å². The van der Waals surface area contributed by atoms with Gasteiger partial charge in [-0.05, 0) is 35.7 Å². The maximum absolute atomic E-state index is 13.4. The largest absolute Gasteiger partial charge is 0.481 e. The first kappa shape index (κ1) is 23.0. The number of benzene rings is 2. The SMILES string of the molecule is O=C(O)CC(Cc1ccccc1Cl)NC(=O)c1cc(C(=O)O)n(Cc2cccc(F)c2)n1. The Bertz CT molecular complexity index is 1160. The number of hydrogen-bond acceptors (Lipinski definition) is 4. The Balaban J connectivity index is 1.82. The number of halogens is 2. The van der Waals surface area contributed by atoms with Crippen molar-refractivity contribution in [3.63, 3.8) is 0 Å². The monoisotopic (exact) mass is 459 g/mol. The van der Waals surface area contributed by atoms with Crippen molar-refractivity contribution in [2.24, 2.45) is 0 Å². The Morgan fingerprint density at radius 1 is 1.09 bits per heavy atom. The minimum atomic E-state index is -1.31. The maximum atomic E-state index is 13.4. The third kappa shape index (κ3) is 5.92. The number of nitrogens with zero attached hydrogens (tertiary/aromatic N) is 2. The molecule has 1 unspecified atom stereocenters. The third-order valence-corrected chi connectivity index (χ3v) is 5.00. The van der Waals surface area contributed by atoms with Crippen LogP contribution in [0.15, 0.2) is 54.6 Å². The molecule has 8 nitrogen and oxygen atoms in total. The summed E-state index contributed by atoms with van der Waals surface area (Å²) in [4.78, 5) is 35.6. The summed E-state index contributed by atoms with van der Waals surface area (Å²) < 4.78 is 14.5. The molecule has 0 bridgehead atoms. The molecule has 0 spiro atoms. The van der Waals surface area contributed by atoms with Crippen LogP contribution in [0.2, 0.25) is 5.02 Å². The minimum Gasteiger partial charge on any atom is -0.481 e. The molecule has 3 aromatic rings. The van der Waals surface area contributed by atoms with E-state index in [0.29, 0.717) is 16.1 Å². The van der Waals surface area contributed by atoms with Crippen molar-refractivity contribution in [2.45, 2.75) is 25.4 Å². The number of carboxylic acids is 2. The van der Waals surface area contributed by atoms with Gasteiger partial charge in [-0.25, -0.2) is 9.18 Å². The molecule has 10 heteroatoms. The first-order valence-corrected chi connectivity index (χ1v) is 9.92. The molecule has 3 N–H and O–H groups in total. The summed E-state index contributed by atoms with van der Waals surface area (Å²) in [5.41, 5.74) is 0.655. The van der Waals surface area contributed by atoms with Crippen LogP contribution in [-0.4, -0.2) is 43.9 Å². The lowest BCUT2D eigenvalue weighted by atomic mass is 10.0. The van der Waals surface area contributed by atoms with Crippen LogP contribution in [0, 0.1) is 5.82 Å². The van der Waals surface area contributed by atoms with E-state index in [0.717, 1.165) is 10.7 Å². The molecule has 0 aliphatic rings. The third-order valence-electron chi connectivity index (χ3n) is 4.63. The molecule has 1 aromatic heterocycles. The predicted octanol–water partition coefficient (Wildman–Crippen LogP) is 3.24. The van der Waals surface area contributed by atoms with E-state index < -0.39 is 29.7 Å². The normalized spacial score (nSPS) is 11.7. The van der Waals surface area contributed by atoms with Gasteiger partial charge in [0, 0.05) is 17.1 Å². The van der Waals surface area contributed by atoms with Gasteiger partial charge in [-0.3, -0.25) is 14.3 Å². The highest BCUT2D eigenvalue weighted by Crippen LogP contribution is 2.18. The quantitative estimate of drug-likeness (QED) is 0.451. The number of carboxylic acid groups (broad SMARTS) is 2. The number of carbonyl (C=O) groups excluding carboxylic acids is 1. The first-order chi connectivity index (χ1) is 15.2. The average Bonchev–Trinajstić information content (AvgIpc) is 3.13. The Labute approximate surface area is 187 Å². The summed E-state index contributed by atoms with van der Waals surface area (Å²) in [5, 5.41) is 25.7. The molecule has 0 aliphatic carbocycles. The Kier molecular flexibility index (Phi) is 7.21. The highest BCUT2D eigenvalue weighted by molar-refractivity contribution is 6.31. The molecular weight excluding hydrogens is 441 g/mol. The molecular formula is C22H19ClFN3O5. The molecule has 0 aliphatic heterocycles. The van der Waals surface area contributed by atoms with Gasteiger partial charge in [0.05, 0.1) is 13.0 Å². The summed E-state index contributed by atoms with van der Waals surface area (Å²) in [5.74, 6) is -3.65. The molecule has 0 saturated carbocycles. The molecule has 2 aromatic carbocycles. The van der Waals surface area contributed by atoms with E-state index in [4.69, 9.17) is 11.6 Å². The number of aliphatic carboxylic acids is 1. The highest BCUT2D eigenvalue weighted by atomic mass is 35.5. The lowest BCUT2D eigenvalue weighted by molar-refractivity contribution is -0.137. The standard InChI is InChI=1S/C22H19ClFN3O5/c23-17-7-2-1-5-14(17)9-16(10-20(28)29)25-21(30)18-11-19(22(31)32)27(26-18)12-13-4-3-6-15(24)8-13/h1-8,11,16H,9-10,12H2,(H,25,30)(H,28,29)(H,31,32). The molecule has 32 heavy (non-hydrogen) atoms. The van der Waals surface area contributed by atoms with Gasteiger partial charge in [-0.1, -0.05) is 41.9 Å². The molecule has 0 fully saturated rings. The molecule has 0 saturated heterocycles. The van der Waals surface area contributed by atoms with Crippen LogP contribution < -0.4 is 5.32 Å². The minimum absolute atomic E-state index is 0.0646. The highest BCUT2D eigenvalue weighted by Gasteiger charge is 2.23. The van der Waals surface area contributed by atoms with Gasteiger partial charge in [0.15, 0.2) is 5.69 Å². The van der Waals surface area contributed by atoms with Gasteiger partial charge < -0.3 is 15.5 Å². The number of carbonyl (C=O) groups is 3. The van der Waals surface area contributed by atoms with Crippen molar-refractivity contribution < 1.29 is 29.0 Å². The second kappa shape index (κ2) is 10.1. The van der Waals surface area contributed by atoms with Gasteiger partial charge in [0.25, 0.3) is 5.91 Å². The second-order valence-corrected chi connectivity index (χ2v) is 7.48. The smallest absolute Gasteiger partial charge is 0.354 e. The fourth-order valence-corrected chi connectivity index (χ4v) is 3.42. The lowest BCUT2D eigenvalue weighted by Gasteiger charge is -2.17. The van der Waals surface area contributed by atoms with Gasteiger partial charge >= 0.3 is 11.9 Å². The fraction of sp³-hybridized carbons (Fsp3) is 0.182. The average molecular weight is 460 g/mol. The maximum Gasteiger partial charge on any atom is 0.354 e. The van der Waals surface area contributed by atoms with E-state index in [2.05, 4.69) is 10.4 Å². The summed E-state index contributed by atoms with van der Waals surface area (Å²) in [7, 11) is 0. The van der Waals surface area contributed by atoms with Crippen LogP contribution in [0.25, 0.3) is 0 Å². The topological polar surface area (TPSA) is 122 Å². The van der Waals surface area contributed by atoms with Crippen molar-refractivity contribution in [3.8, 4) is 0 Å². The number of aromatic carboxylic acids is 1. The summed E-state index contributed by atoms with van der Waals surface area (Å²) >= 11 is 6.14. The van der Waals surface area contributed by atoms with Crippen molar-refractivity contribution in [1.82, 2.24) is 15.1 Å². The van der Waals surface area contributed by atoms with E-state index in [1.807, 2.05) is 0 Å². The summed E-state index contributed by atoms with van der Waals surface area (Å²) in [6.45, 7) is -0.0646. The van der Waals surface area contributed by atoms with Gasteiger partial charge in [0.1, 0.15) is 11.5 Å². The van der Waals surface area contributed by atoms with Crippen molar-refractivity contribution in [3.05, 3.63) is 88.0 Å². The predicted molar refractivity (Wildman–Crippen MR) is 113 cm³/mol. The molecule has 166 valence electrons. The Morgan fingerprint density at radius 2 is 1.84 bits per heavy atom. The number of aromatic nitrogens is 2. The zero-order valence-corrected chi connectivity index (χ0v) is 17.4. The lowest BCUT2D eigenvalue weighted by Crippen LogP contribution is -2.38. The van der Waals surface area contributed by atoms with Crippen molar-refractivity contribution in [2.75, 3.05) is 0 Å². The van der Waals surface area contributed by atoms with Crippen molar-refractivity contribution >= 4 is 29.4 Å². The fourth-order valence-electron chi connectivity index (χ4n) is 3.20. The molecule has 1 atom stereocenters. The number of rotatable bonds is 9. The van der Waals surface area contributed by atoms with E-state index in [-0.39, 0.29) is 30.8 Å². The number of amides is 1. The number of hydrogen-bond donors (Lipinski definition) is 3. The molecule has 1 amide bonds. The van der Waals surface area contributed by atoms with E-state index in [1.165, 1.54) is 18.2 Å². The van der Waals surface area contributed by atoms with Crippen LogP contribution in [-0.2, 0) is 17.8 Å². The van der Waals surface area contributed by atoms with Crippen molar-refractivity contribution in [1.29, 1.82) is 0 Å². The summed E-state index contributed by atoms with van der Waals surface area (Å²) in [6, 6.07) is 12.7. The zero-order valence-electron chi connectivity index (χ0n) is 16.7. The summed E-state index contributed by atoms with van der Waals surface area (Å²) in [6.07, 6.45) is -0.208. The Hall–Kier alpha value is -3.72. The van der Waals surface area contributed by atoms with Crippen LogP contribution >= 0.6 is 11.6 Å². The second-order valence-electron chi connectivity index (χ2n) is 7.07. The van der Waals surface area contributed by atoms with Gasteiger partial charge in [-0.15, -0.1) is 0 Å². The first-order valence-electron chi connectivity index (χ1n) is 9.54. The van der Waals surface area contributed by atoms with Gasteiger partial charge in [0.2, 0.25) is 0 Å². The number of nitrogens with one attached hydrogen (secondary N) is 1. The Morgan fingerprint density at radius 3 is 2.50 bits per heavy atom. The van der Waals surface area contributed by atoms with Gasteiger partial charge in [-0.2, -0.15) is 5.10 Å². The zero-order chi connectivity index (χ0) is 23.3. The van der Waals surface area contributed by atoms with E-state index in [1.54, 1.807) is 30.3 Å².